The molecular weight excluding hydrogens is 398 g/mol. The number of likely N-dealkylation sites (tertiary alicyclic amines) is 1. The quantitative estimate of drug-likeness (QED) is 0.577. The highest BCUT2D eigenvalue weighted by Crippen LogP contribution is 2.26. The molecule has 0 unspecified atom stereocenters. The van der Waals surface area contributed by atoms with E-state index >= 15 is 0 Å². The van der Waals surface area contributed by atoms with Crippen LogP contribution in [-0.4, -0.2) is 35.5 Å². The van der Waals surface area contributed by atoms with Gasteiger partial charge in [-0.2, -0.15) is 0 Å². The third kappa shape index (κ3) is 5.26. The van der Waals surface area contributed by atoms with Crippen LogP contribution in [0.1, 0.15) is 35.6 Å². The van der Waals surface area contributed by atoms with E-state index in [1.54, 1.807) is 6.20 Å². The predicted molar refractivity (Wildman–Crippen MR) is 114 cm³/mol. The molecule has 6 heteroatoms. The first kappa shape index (κ1) is 21.0. The molecule has 0 bridgehead atoms. The number of para-hydroxylation sites is 1. The molecule has 160 valence electrons. The molecule has 1 aliphatic heterocycles. The van der Waals surface area contributed by atoms with E-state index in [-0.39, 0.29) is 30.4 Å². The number of carbonyl (C=O) groups is 1. The van der Waals surface area contributed by atoms with Crippen LogP contribution in [0.15, 0.2) is 66.9 Å². The molecule has 4 nitrogen and oxygen atoms in total. The summed E-state index contributed by atoms with van der Waals surface area (Å²) in [6, 6.07) is 16.9. The number of amides is 1. The van der Waals surface area contributed by atoms with Crippen molar-refractivity contribution in [1.29, 1.82) is 0 Å². The summed E-state index contributed by atoms with van der Waals surface area (Å²) in [5.74, 6) is -0.340. The van der Waals surface area contributed by atoms with Crippen molar-refractivity contribution < 1.29 is 18.3 Å². The van der Waals surface area contributed by atoms with Gasteiger partial charge in [-0.15, -0.1) is 0 Å². The molecule has 1 saturated heterocycles. The smallest absolute Gasteiger partial charge is 0.260 e. The largest absolute Gasteiger partial charge is 0.484 e. The number of ether oxygens (including phenoxy) is 1. The van der Waals surface area contributed by atoms with Crippen molar-refractivity contribution in [3.63, 3.8) is 0 Å². The Balaban J connectivity index is 1.36. The summed E-state index contributed by atoms with van der Waals surface area (Å²) >= 11 is 0. The Bertz CT molecular complexity index is 1010. The van der Waals surface area contributed by atoms with E-state index in [0.717, 1.165) is 24.1 Å². The molecule has 1 atom stereocenters. The summed E-state index contributed by atoms with van der Waals surface area (Å²) in [7, 11) is 0. The van der Waals surface area contributed by atoms with Gasteiger partial charge in [0.05, 0.1) is 0 Å². The number of hydrogen-bond acceptors (Lipinski definition) is 3. The van der Waals surface area contributed by atoms with E-state index in [9.17, 15) is 13.6 Å². The van der Waals surface area contributed by atoms with Gasteiger partial charge < -0.3 is 9.64 Å². The average Bonchev–Trinajstić information content (AvgIpc) is 2.81. The van der Waals surface area contributed by atoms with Crippen LogP contribution in [0, 0.1) is 11.6 Å². The second-order valence-electron chi connectivity index (χ2n) is 7.75. The van der Waals surface area contributed by atoms with Crippen molar-refractivity contribution in [2.45, 2.75) is 25.2 Å². The average molecular weight is 422 g/mol. The fraction of sp³-hybridized carbons (Fsp3) is 0.280. The predicted octanol–water partition coefficient (Wildman–Crippen LogP) is 4.74. The number of benzene rings is 2. The summed E-state index contributed by atoms with van der Waals surface area (Å²) in [6.07, 6.45) is 3.65. The highest BCUT2D eigenvalue weighted by atomic mass is 19.1. The van der Waals surface area contributed by atoms with Gasteiger partial charge in [-0.1, -0.05) is 30.3 Å². The molecular formula is C25H24F2N2O2. The van der Waals surface area contributed by atoms with Crippen molar-refractivity contribution in [3.8, 4) is 5.75 Å². The topological polar surface area (TPSA) is 42.4 Å². The number of carbonyl (C=O) groups excluding carboxylic acids is 1. The third-order valence-corrected chi connectivity index (χ3v) is 5.59. The van der Waals surface area contributed by atoms with Gasteiger partial charge in [0.2, 0.25) is 0 Å². The highest BCUT2D eigenvalue weighted by Gasteiger charge is 2.26. The van der Waals surface area contributed by atoms with Crippen LogP contribution < -0.4 is 4.74 Å². The Labute approximate surface area is 180 Å². The van der Waals surface area contributed by atoms with Crippen LogP contribution in [0.4, 0.5) is 8.78 Å². The van der Waals surface area contributed by atoms with Crippen LogP contribution in [0.3, 0.4) is 0 Å². The number of halogens is 2. The van der Waals surface area contributed by atoms with Gasteiger partial charge in [0.15, 0.2) is 6.61 Å². The van der Waals surface area contributed by atoms with Gasteiger partial charge in [-0.25, -0.2) is 8.78 Å². The monoisotopic (exact) mass is 422 g/mol. The van der Waals surface area contributed by atoms with Gasteiger partial charge in [0.1, 0.15) is 17.4 Å². The Morgan fingerprint density at radius 3 is 2.52 bits per heavy atom. The SMILES string of the molecule is O=C(COc1ccccc1)N1CCC[C@H](c2ccc(Cc3c(F)cccc3F)cn2)C1. The molecule has 0 N–H and O–H groups in total. The molecule has 4 rings (SSSR count). The Hall–Kier alpha value is -3.28. The highest BCUT2D eigenvalue weighted by molar-refractivity contribution is 5.78. The molecule has 2 aromatic carbocycles. The minimum atomic E-state index is -0.553. The molecule has 0 saturated carbocycles. The molecule has 1 fully saturated rings. The maximum Gasteiger partial charge on any atom is 0.260 e. The fourth-order valence-corrected chi connectivity index (χ4v) is 3.89. The number of hydrogen-bond donors (Lipinski definition) is 0. The lowest BCUT2D eigenvalue weighted by atomic mass is 9.93. The van der Waals surface area contributed by atoms with E-state index in [1.165, 1.54) is 18.2 Å². The van der Waals surface area contributed by atoms with Crippen molar-refractivity contribution in [1.82, 2.24) is 9.88 Å². The van der Waals surface area contributed by atoms with E-state index in [0.29, 0.717) is 18.8 Å². The zero-order valence-corrected chi connectivity index (χ0v) is 17.1. The normalized spacial score (nSPS) is 16.2. The Morgan fingerprint density at radius 2 is 1.81 bits per heavy atom. The zero-order valence-electron chi connectivity index (χ0n) is 17.1. The van der Waals surface area contributed by atoms with Gasteiger partial charge >= 0.3 is 0 Å². The van der Waals surface area contributed by atoms with Gasteiger partial charge in [-0.3, -0.25) is 9.78 Å². The van der Waals surface area contributed by atoms with Crippen LogP contribution in [0.2, 0.25) is 0 Å². The molecule has 0 radical (unpaired) electrons. The summed E-state index contributed by atoms with van der Waals surface area (Å²) in [6.45, 7) is 1.31. The van der Waals surface area contributed by atoms with Gasteiger partial charge in [-0.05, 0) is 48.7 Å². The van der Waals surface area contributed by atoms with E-state index in [2.05, 4.69) is 4.98 Å². The summed E-state index contributed by atoms with van der Waals surface area (Å²) in [5, 5.41) is 0. The van der Waals surface area contributed by atoms with Crippen LogP contribution in [-0.2, 0) is 11.2 Å². The van der Waals surface area contributed by atoms with E-state index in [1.807, 2.05) is 47.4 Å². The second-order valence-corrected chi connectivity index (χ2v) is 7.75. The first-order chi connectivity index (χ1) is 15.1. The lowest BCUT2D eigenvalue weighted by Crippen LogP contribution is -2.41. The van der Waals surface area contributed by atoms with Crippen LogP contribution >= 0.6 is 0 Å². The third-order valence-electron chi connectivity index (χ3n) is 5.59. The number of piperidine rings is 1. The maximum absolute atomic E-state index is 13.9. The Kier molecular flexibility index (Phi) is 6.55. The summed E-state index contributed by atoms with van der Waals surface area (Å²) < 4.78 is 33.4. The lowest BCUT2D eigenvalue weighted by Gasteiger charge is -2.32. The summed E-state index contributed by atoms with van der Waals surface area (Å²) in [4.78, 5) is 18.9. The first-order valence-electron chi connectivity index (χ1n) is 10.4. The minimum absolute atomic E-state index is 0.0112. The van der Waals surface area contributed by atoms with Crippen molar-refractivity contribution in [2.75, 3.05) is 19.7 Å². The molecule has 3 aromatic rings. The molecule has 31 heavy (non-hydrogen) atoms. The standard InChI is InChI=1S/C25H24F2N2O2/c26-22-9-4-10-23(27)21(22)14-18-11-12-24(28-15-18)19-6-5-13-29(16-19)25(30)17-31-20-7-2-1-3-8-20/h1-4,7-12,15,19H,5-6,13-14,16-17H2/t19-/m0/s1. The van der Waals surface area contributed by atoms with Crippen molar-refractivity contribution in [2.24, 2.45) is 0 Å². The van der Waals surface area contributed by atoms with E-state index < -0.39 is 11.6 Å². The Morgan fingerprint density at radius 1 is 1.03 bits per heavy atom. The molecule has 0 spiro atoms. The van der Waals surface area contributed by atoms with Gasteiger partial charge in [0, 0.05) is 42.9 Å². The molecule has 1 amide bonds. The first-order valence-corrected chi connectivity index (χ1v) is 10.4. The van der Waals surface area contributed by atoms with Crippen molar-refractivity contribution >= 4 is 5.91 Å². The number of aromatic nitrogens is 1. The van der Waals surface area contributed by atoms with E-state index in [4.69, 9.17) is 4.74 Å². The van der Waals surface area contributed by atoms with Crippen LogP contribution in [0.25, 0.3) is 0 Å². The van der Waals surface area contributed by atoms with Gasteiger partial charge in [0.25, 0.3) is 5.91 Å². The fourth-order valence-electron chi connectivity index (χ4n) is 3.89. The minimum Gasteiger partial charge on any atom is -0.484 e. The molecule has 1 aromatic heterocycles. The number of rotatable bonds is 6. The van der Waals surface area contributed by atoms with Crippen LogP contribution in [0.5, 0.6) is 5.75 Å². The maximum atomic E-state index is 13.9. The number of pyridine rings is 1. The molecule has 0 aliphatic carbocycles. The molecule has 2 heterocycles. The lowest BCUT2D eigenvalue weighted by molar-refractivity contribution is -0.134. The molecule has 1 aliphatic rings. The van der Waals surface area contributed by atoms with Crippen molar-refractivity contribution in [3.05, 3.63) is 95.3 Å². The summed E-state index contributed by atoms with van der Waals surface area (Å²) in [5.41, 5.74) is 1.68. The number of nitrogens with zero attached hydrogens (tertiary/aromatic N) is 2. The zero-order chi connectivity index (χ0) is 21.6. The second kappa shape index (κ2) is 9.69.